The highest BCUT2D eigenvalue weighted by Crippen LogP contribution is 2.24. The summed E-state index contributed by atoms with van der Waals surface area (Å²) in [6.07, 6.45) is 6.86. The number of carbonyl (C=O) groups excluding carboxylic acids is 1. The molecule has 0 N–H and O–H groups in total. The molecule has 1 aliphatic carbocycles. The van der Waals surface area contributed by atoms with E-state index in [2.05, 4.69) is 26.0 Å². The number of rotatable bonds is 4. The summed E-state index contributed by atoms with van der Waals surface area (Å²) >= 11 is 0. The minimum Gasteiger partial charge on any atom is -0.340 e. The number of sulfonamides is 1. The van der Waals surface area contributed by atoms with Crippen LogP contribution in [0.5, 0.6) is 0 Å². The van der Waals surface area contributed by atoms with Crippen LogP contribution in [-0.2, 0) is 14.8 Å². The summed E-state index contributed by atoms with van der Waals surface area (Å²) in [4.78, 5) is 14.8. The van der Waals surface area contributed by atoms with Gasteiger partial charge in [-0.3, -0.25) is 4.79 Å². The number of carbonyl (C=O) groups is 1. The van der Waals surface area contributed by atoms with Gasteiger partial charge < -0.3 is 4.90 Å². The van der Waals surface area contributed by atoms with Crippen LogP contribution in [0.4, 0.5) is 0 Å². The Kier molecular flexibility index (Phi) is 5.82. The summed E-state index contributed by atoms with van der Waals surface area (Å²) in [6.45, 7) is 5.85. The van der Waals surface area contributed by atoms with E-state index < -0.39 is 10.0 Å². The first kappa shape index (κ1) is 19.1. The maximum Gasteiger partial charge on any atom is 0.243 e. The van der Waals surface area contributed by atoms with Crippen LogP contribution in [0.3, 0.4) is 0 Å². The molecule has 1 fully saturated rings. The Morgan fingerprint density at radius 2 is 1.69 bits per heavy atom. The molecule has 5 nitrogen and oxygen atoms in total. The molecule has 1 aromatic rings. The lowest BCUT2D eigenvalue weighted by molar-refractivity contribution is -0.137. The smallest absolute Gasteiger partial charge is 0.243 e. The molecule has 26 heavy (non-hydrogen) atoms. The first-order chi connectivity index (χ1) is 12.4. The van der Waals surface area contributed by atoms with Gasteiger partial charge in [-0.25, -0.2) is 8.42 Å². The zero-order valence-corrected chi connectivity index (χ0v) is 16.4. The average Bonchev–Trinajstić information content (AvgIpc) is 2.68. The van der Waals surface area contributed by atoms with E-state index in [1.807, 2.05) is 17.0 Å². The van der Waals surface area contributed by atoms with Crippen LogP contribution in [0.1, 0.15) is 44.6 Å². The molecule has 142 valence electrons. The summed E-state index contributed by atoms with van der Waals surface area (Å²) in [5, 5.41) is 0. The third-order valence-electron chi connectivity index (χ3n) is 5.35. The first-order valence-electron chi connectivity index (χ1n) is 9.43. The van der Waals surface area contributed by atoms with Crippen molar-refractivity contribution in [1.82, 2.24) is 9.21 Å². The Morgan fingerprint density at radius 3 is 2.23 bits per heavy atom. The van der Waals surface area contributed by atoms with Crippen LogP contribution >= 0.6 is 0 Å². The highest BCUT2D eigenvalue weighted by Gasteiger charge is 2.32. The van der Waals surface area contributed by atoms with Gasteiger partial charge in [-0.1, -0.05) is 38.1 Å². The predicted octanol–water partition coefficient (Wildman–Crippen LogP) is 3.00. The Labute approximate surface area is 156 Å². The fraction of sp³-hybridized carbons (Fsp3) is 0.550. The van der Waals surface area contributed by atoms with Gasteiger partial charge in [0.15, 0.2) is 0 Å². The zero-order chi connectivity index (χ0) is 18.7. The molecule has 0 radical (unpaired) electrons. The van der Waals surface area contributed by atoms with Crippen molar-refractivity contribution in [3.8, 4) is 0 Å². The molecule has 1 atom stereocenters. The van der Waals surface area contributed by atoms with Crippen molar-refractivity contribution in [3.05, 3.63) is 42.0 Å². The van der Waals surface area contributed by atoms with E-state index in [0.29, 0.717) is 37.0 Å². The van der Waals surface area contributed by atoms with Crippen molar-refractivity contribution < 1.29 is 13.2 Å². The molecule has 0 unspecified atom stereocenters. The fourth-order valence-corrected chi connectivity index (χ4v) is 5.02. The van der Waals surface area contributed by atoms with E-state index in [0.717, 1.165) is 24.8 Å². The highest BCUT2D eigenvalue weighted by molar-refractivity contribution is 7.89. The Morgan fingerprint density at radius 1 is 1.04 bits per heavy atom. The number of hydrogen-bond acceptors (Lipinski definition) is 3. The van der Waals surface area contributed by atoms with E-state index >= 15 is 0 Å². The molecule has 1 saturated heterocycles. The zero-order valence-electron chi connectivity index (χ0n) is 15.6. The largest absolute Gasteiger partial charge is 0.340 e. The topological polar surface area (TPSA) is 57.7 Å². The van der Waals surface area contributed by atoms with E-state index in [1.165, 1.54) is 4.31 Å². The first-order valence-corrected chi connectivity index (χ1v) is 10.9. The monoisotopic (exact) mass is 376 g/mol. The lowest BCUT2D eigenvalue weighted by Gasteiger charge is -2.36. The summed E-state index contributed by atoms with van der Waals surface area (Å²) in [5.41, 5.74) is 1.13. The number of benzene rings is 1. The van der Waals surface area contributed by atoms with E-state index in [9.17, 15) is 13.2 Å². The van der Waals surface area contributed by atoms with Crippen LogP contribution in [-0.4, -0.2) is 49.7 Å². The minimum atomic E-state index is -3.49. The Bertz CT molecular complexity index is 761. The van der Waals surface area contributed by atoms with Gasteiger partial charge in [-0.15, -0.1) is 0 Å². The van der Waals surface area contributed by atoms with Gasteiger partial charge in [0.1, 0.15) is 0 Å². The predicted molar refractivity (Wildman–Crippen MR) is 102 cm³/mol. The highest BCUT2D eigenvalue weighted by atomic mass is 32.2. The molecule has 1 amide bonds. The van der Waals surface area contributed by atoms with Crippen molar-refractivity contribution in [2.45, 2.75) is 43.9 Å². The maximum atomic E-state index is 12.9. The normalized spacial score (nSPS) is 22.0. The number of amides is 1. The second-order valence-corrected chi connectivity index (χ2v) is 9.37. The van der Waals surface area contributed by atoms with Gasteiger partial charge in [-0.2, -0.15) is 4.31 Å². The quantitative estimate of drug-likeness (QED) is 0.759. The molecule has 0 spiro atoms. The molecular weight excluding hydrogens is 348 g/mol. The standard InChI is InChI=1S/C20H28N2O3S/c1-16(2)17-8-10-19(11-9-17)26(24,25)22-14-12-21(13-15-22)20(23)18-6-4-3-5-7-18/h3-4,8-11,16,18H,5-7,12-15H2,1-2H3/t18-/m1/s1. The summed E-state index contributed by atoms with van der Waals surface area (Å²) < 4.78 is 27.2. The van der Waals surface area contributed by atoms with Gasteiger partial charge in [-0.05, 0) is 42.9 Å². The van der Waals surface area contributed by atoms with Gasteiger partial charge in [0, 0.05) is 32.1 Å². The second-order valence-electron chi connectivity index (χ2n) is 7.43. The molecule has 0 bridgehead atoms. The number of nitrogens with zero attached hydrogens (tertiary/aromatic N) is 2. The Balaban J connectivity index is 1.63. The van der Waals surface area contributed by atoms with Crippen LogP contribution in [0.15, 0.2) is 41.3 Å². The van der Waals surface area contributed by atoms with E-state index in [-0.39, 0.29) is 11.8 Å². The van der Waals surface area contributed by atoms with E-state index in [1.54, 1.807) is 12.1 Å². The van der Waals surface area contributed by atoms with Crippen molar-refractivity contribution in [2.24, 2.45) is 5.92 Å². The summed E-state index contributed by atoms with van der Waals surface area (Å²) in [7, 11) is -3.49. The van der Waals surface area contributed by atoms with Crippen LogP contribution in [0.25, 0.3) is 0 Å². The molecule has 0 aromatic heterocycles. The summed E-state index contributed by atoms with van der Waals surface area (Å²) in [5.74, 6) is 0.607. The third kappa shape index (κ3) is 4.01. The molecule has 1 heterocycles. The Hall–Kier alpha value is -1.66. The van der Waals surface area contributed by atoms with Crippen molar-refractivity contribution >= 4 is 15.9 Å². The lowest BCUT2D eigenvalue weighted by atomic mass is 9.93. The average molecular weight is 377 g/mol. The maximum absolute atomic E-state index is 12.9. The fourth-order valence-electron chi connectivity index (χ4n) is 3.60. The van der Waals surface area contributed by atoms with Crippen molar-refractivity contribution in [3.63, 3.8) is 0 Å². The van der Waals surface area contributed by atoms with Gasteiger partial charge in [0.2, 0.25) is 15.9 Å². The van der Waals surface area contributed by atoms with E-state index in [4.69, 9.17) is 0 Å². The van der Waals surface area contributed by atoms with Crippen LogP contribution in [0, 0.1) is 5.92 Å². The van der Waals surface area contributed by atoms with Gasteiger partial charge in [0.05, 0.1) is 4.90 Å². The number of piperazine rings is 1. The molecule has 3 rings (SSSR count). The molecule has 1 aliphatic heterocycles. The van der Waals surface area contributed by atoms with Crippen LogP contribution < -0.4 is 0 Å². The molecule has 1 aromatic carbocycles. The number of hydrogen-bond donors (Lipinski definition) is 0. The third-order valence-corrected chi connectivity index (χ3v) is 7.27. The molecule has 2 aliphatic rings. The minimum absolute atomic E-state index is 0.0618. The van der Waals surface area contributed by atoms with Gasteiger partial charge >= 0.3 is 0 Å². The molecule has 6 heteroatoms. The molecule has 0 saturated carbocycles. The second kappa shape index (κ2) is 7.92. The SMILES string of the molecule is CC(C)c1ccc(S(=O)(=O)N2CCN(C(=O)[C@@H]3CC=CCC3)CC2)cc1. The van der Waals surface area contributed by atoms with Crippen LogP contribution in [0.2, 0.25) is 0 Å². The van der Waals surface area contributed by atoms with Crippen molar-refractivity contribution in [1.29, 1.82) is 0 Å². The molecular formula is C20H28N2O3S. The van der Waals surface area contributed by atoms with Crippen molar-refractivity contribution in [2.75, 3.05) is 26.2 Å². The van der Waals surface area contributed by atoms with Gasteiger partial charge in [0.25, 0.3) is 0 Å². The number of allylic oxidation sites excluding steroid dienone is 2. The lowest BCUT2D eigenvalue weighted by Crippen LogP contribution is -2.51. The summed E-state index contributed by atoms with van der Waals surface area (Å²) in [6, 6.07) is 7.15.